The Labute approximate surface area is 151 Å². The van der Waals surface area contributed by atoms with Crippen LogP contribution >= 0.6 is 0 Å². The van der Waals surface area contributed by atoms with E-state index in [1.165, 1.54) is 0 Å². The molecule has 0 aromatic carbocycles. The minimum Gasteiger partial charge on any atom is -0.472 e. The number of aliphatic hydroxyl groups is 1. The zero-order chi connectivity index (χ0) is 18.5. The second-order valence-corrected chi connectivity index (χ2v) is 8.86. The van der Waals surface area contributed by atoms with E-state index in [9.17, 15) is 14.7 Å². The van der Waals surface area contributed by atoms with Crippen molar-refractivity contribution < 1.29 is 28.6 Å². The summed E-state index contributed by atoms with van der Waals surface area (Å²) < 4.78 is 16.6. The molecular weight excluding hydrogens is 336 g/mol. The molecule has 2 aliphatic carbocycles. The largest absolute Gasteiger partial charge is 0.472 e. The van der Waals surface area contributed by atoms with Crippen molar-refractivity contribution in [2.24, 2.45) is 16.7 Å². The molecule has 2 saturated heterocycles. The van der Waals surface area contributed by atoms with Gasteiger partial charge in [-0.2, -0.15) is 0 Å². The van der Waals surface area contributed by atoms with Gasteiger partial charge in [-0.05, 0) is 44.2 Å². The highest BCUT2D eigenvalue weighted by atomic mass is 16.6. The lowest BCUT2D eigenvalue weighted by atomic mass is 9.39. The van der Waals surface area contributed by atoms with Crippen LogP contribution in [0.5, 0.6) is 0 Å². The molecule has 0 bridgehead atoms. The molecule has 0 unspecified atom stereocenters. The summed E-state index contributed by atoms with van der Waals surface area (Å²) in [5, 5.41) is 12.1. The first-order chi connectivity index (χ1) is 12.2. The Morgan fingerprint density at radius 2 is 2.08 bits per heavy atom. The second-order valence-electron chi connectivity index (χ2n) is 8.86. The molecule has 6 heteroatoms. The summed E-state index contributed by atoms with van der Waals surface area (Å²) in [5.74, 6) is -0.683. The predicted octanol–water partition coefficient (Wildman–Crippen LogP) is 2.03. The molecule has 3 heterocycles. The molecule has 1 spiro atoms. The number of furan rings is 1. The lowest BCUT2D eigenvalue weighted by molar-refractivity contribution is -0.302. The fourth-order valence-corrected chi connectivity index (χ4v) is 6.39. The zero-order valence-electron chi connectivity index (χ0n) is 15.3. The van der Waals surface area contributed by atoms with Crippen LogP contribution in [0.2, 0.25) is 0 Å². The lowest BCUT2D eigenvalue weighted by Crippen LogP contribution is -2.82. The molecule has 1 aromatic heterocycles. The molecule has 1 aromatic rings. The van der Waals surface area contributed by atoms with Crippen molar-refractivity contribution in [1.29, 1.82) is 0 Å². The van der Waals surface area contributed by atoms with Crippen molar-refractivity contribution in [2.75, 3.05) is 0 Å². The Morgan fingerprint density at radius 3 is 2.73 bits per heavy atom. The average Bonchev–Trinajstić information content (AvgIpc) is 3.01. The van der Waals surface area contributed by atoms with Crippen molar-refractivity contribution in [1.82, 2.24) is 0 Å². The number of fused-ring (bicyclic) bond motifs is 4. The number of rotatable bonds is 2. The summed E-state index contributed by atoms with van der Waals surface area (Å²) in [5.41, 5.74) is -3.46. The van der Waals surface area contributed by atoms with E-state index in [0.717, 1.165) is 5.56 Å². The van der Waals surface area contributed by atoms with Crippen molar-refractivity contribution in [3.8, 4) is 0 Å². The van der Waals surface area contributed by atoms with E-state index in [4.69, 9.17) is 13.9 Å². The minimum atomic E-state index is -1.47. The number of hydrogen-bond donors (Lipinski definition) is 1. The van der Waals surface area contributed by atoms with Crippen LogP contribution in [0.15, 0.2) is 23.0 Å². The van der Waals surface area contributed by atoms with E-state index < -0.39 is 28.1 Å². The summed E-state index contributed by atoms with van der Waals surface area (Å²) in [6.45, 7) is 5.58. The third kappa shape index (κ3) is 1.46. The molecule has 0 radical (unpaired) electrons. The van der Waals surface area contributed by atoms with Crippen LogP contribution in [-0.4, -0.2) is 40.3 Å². The first-order valence-electron chi connectivity index (χ1n) is 9.37. The molecule has 6 nitrogen and oxygen atoms in total. The number of cyclic esters (lactones) is 1. The first kappa shape index (κ1) is 16.5. The van der Waals surface area contributed by atoms with Gasteiger partial charge in [0.15, 0.2) is 0 Å². The first-order valence-corrected chi connectivity index (χ1v) is 9.37. The molecule has 7 atom stereocenters. The Morgan fingerprint density at radius 1 is 1.31 bits per heavy atom. The van der Waals surface area contributed by atoms with Crippen molar-refractivity contribution in [3.63, 3.8) is 0 Å². The Kier molecular flexibility index (Phi) is 2.92. The van der Waals surface area contributed by atoms with Gasteiger partial charge >= 0.3 is 5.97 Å². The maximum Gasteiger partial charge on any atom is 0.319 e. The molecule has 4 aliphatic rings. The van der Waals surface area contributed by atoms with Gasteiger partial charge in [0, 0.05) is 12.8 Å². The SMILES string of the molecule is C[C@@H]1CC(=O)[C@@]2(C)[C@](O)(CC[C@H]3O[C@]32C)[C@]12C(=O)O[C@H]2Cc1ccoc1. The summed E-state index contributed by atoms with van der Waals surface area (Å²) in [6, 6.07) is 1.84. The third-order valence-electron chi connectivity index (χ3n) is 8.14. The highest BCUT2D eigenvalue weighted by Gasteiger charge is 2.87. The molecule has 26 heavy (non-hydrogen) atoms. The predicted molar refractivity (Wildman–Crippen MR) is 89.1 cm³/mol. The number of carbonyl (C=O) groups is 2. The van der Waals surface area contributed by atoms with Crippen LogP contribution in [-0.2, 0) is 25.5 Å². The highest BCUT2D eigenvalue weighted by Crippen LogP contribution is 2.73. The Bertz CT molecular complexity index is 801. The van der Waals surface area contributed by atoms with Gasteiger partial charge in [0.25, 0.3) is 0 Å². The fraction of sp³-hybridized carbons (Fsp3) is 0.700. The van der Waals surface area contributed by atoms with E-state index in [0.29, 0.717) is 19.3 Å². The van der Waals surface area contributed by atoms with E-state index in [-0.39, 0.29) is 30.2 Å². The maximum absolute atomic E-state index is 13.2. The summed E-state index contributed by atoms with van der Waals surface area (Å²) >= 11 is 0. The highest BCUT2D eigenvalue weighted by molar-refractivity contribution is 5.96. The zero-order valence-corrected chi connectivity index (χ0v) is 15.3. The number of Topliss-reactive ketones (excluding diaryl/α,β-unsaturated/α-hetero) is 1. The summed E-state index contributed by atoms with van der Waals surface area (Å²) in [4.78, 5) is 26.1. The van der Waals surface area contributed by atoms with Crippen LogP contribution in [0.25, 0.3) is 0 Å². The van der Waals surface area contributed by atoms with Crippen LogP contribution in [0.3, 0.4) is 0 Å². The number of carbonyl (C=O) groups excluding carboxylic acids is 2. The van der Waals surface area contributed by atoms with Gasteiger partial charge in [0.05, 0.1) is 29.6 Å². The Hall–Kier alpha value is -1.66. The van der Waals surface area contributed by atoms with Crippen molar-refractivity contribution in [3.05, 3.63) is 24.2 Å². The minimum absolute atomic E-state index is 0.00964. The maximum atomic E-state index is 13.2. The third-order valence-corrected chi connectivity index (χ3v) is 8.14. The van der Waals surface area contributed by atoms with Crippen LogP contribution in [0.1, 0.15) is 45.6 Å². The van der Waals surface area contributed by atoms with Gasteiger partial charge < -0.3 is 19.0 Å². The molecule has 5 rings (SSSR count). The molecule has 140 valence electrons. The van der Waals surface area contributed by atoms with Crippen LogP contribution in [0, 0.1) is 16.7 Å². The van der Waals surface area contributed by atoms with Gasteiger partial charge in [-0.15, -0.1) is 0 Å². The van der Waals surface area contributed by atoms with Gasteiger partial charge in [-0.1, -0.05) is 6.92 Å². The van der Waals surface area contributed by atoms with Crippen LogP contribution < -0.4 is 0 Å². The summed E-state index contributed by atoms with van der Waals surface area (Å²) in [7, 11) is 0. The van der Waals surface area contributed by atoms with Crippen LogP contribution in [0.4, 0.5) is 0 Å². The van der Waals surface area contributed by atoms with E-state index in [2.05, 4.69) is 0 Å². The smallest absolute Gasteiger partial charge is 0.319 e. The number of ketones is 1. The number of hydrogen-bond acceptors (Lipinski definition) is 6. The van der Waals surface area contributed by atoms with Crippen molar-refractivity contribution >= 4 is 11.8 Å². The fourth-order valence-electron chi connectivity index (χ4n) is 6.39. The topological polar surface area (TPSA) is 89.3 Å². The molecule has 1 N–H and O–H groups in total. The van der Waals surface area contributed by atoms with Gasteiger partial charge in [0.1, 0.15) is 22.9 Å². The summed E-state index contributed by atoms with van der Waals surface area (Å²) in [6.07, 6.45) is 4.46. The number of epoxide rings is 1. The number of esters is 1. The molecule has 2 saturated carbocycles. The van der Waals surface area contributed by atoms with E-state index >= 15 is 0 Å². The number of ether oxygens (including phenoxy) is 2. The Balaban J connectivity index is 1.65. The molecule has 4 fully saturated rings. The normalized spacial score (nSPS) is 52.1. The van der Waals surface area contributed by atoms with E-state index in [1.54, 1.807) is 19.5 Å². The van der Waals surface area contributed by atoms with Gasteiger partial charge in [-0.25, -0.2) is 0 Å². The molecule has 2 aliphatic heterocycles. The monoisotopic (exact) mass is 360 g/mol. The van der Waals surface area contributed by atoms with Gasteiger partial charge in [-0.3, -0.25) is 9.59 Å². The molecular formula is C20H24O6. The standard InChI is InChI=1S/C20H24O6/c1-11-8-13(21)17(2)18(3)14(26-18)4-6-19(17,23)20(11)15(25-16(20)22)9-12-5-7-24-10-12/h5,7,10-11,14-15,23H,4,6,8-9H2,1-3H3/t11-,14-,15+,17-,18-,19-,20-/m1/s1. The van der Waals surface area contributed by atoms with E-state index in [1.807, 2.05) is 19.9 Å². The molecule has 0 amide bonds. The van der Waals surface area contributed by atoms with Crippen molar-refractivity contribution in [2.45, 2.75) is 69.9 Å². The average molecular weight is 360 g/mol. The lowest BCUT2D eigenvalue weighted by Gasteiger charge is -2.67. The van der Waals surface area contributed by atoms with Gasteiger partial charge in [0.2, 0.25) is 0 Å². The second kappa shape index (κ2) is 4.60. The quantitative estimate of drug-likeness (QED) is 0.641.